The molecule has 0 aliphatic carbocycles. The smallest absolute Gasteiger partial charge is 0.142 e. The summed E-state index contributed by atoms with van der Waals surface area (Å²) in [5.41, 5.74) is 6.55. The zero-order valence-corrected chi connectivity index (χ0v) is 23.1. The maximum atomic E-state index is 5.97. The number of ether oxygens (including phenoxy) is 11. The fourth-order valence-corrected chi connectivity index (χ4v) is 3.19. The van der Waals surface area contributed by atoms with E-state index in [2.05, 4.69) is 0 Å². The van der Waals surface area contributed by atoms with Crippen LogP contribution in [-0.4, -0.2) is 138 Å². The van der Waals surface area contributed by atoms with Crippen LogP contribution in [0.2, 0.25) is 0 Å². The molecule has 0 saturated carbocycles. The predicted molar refractivity (Wildman–Crippen MR) is 143 cm³/mol. The maximum absolute atomic E-state index is 5.97. The molecule has 1 heterocycles. The van der Waals surface area contributed by atoms with E-state index in [0.717, 1.165) is 0 Å². The molecule has 0 amide bonds. The van der Waals surface area contributed by atoms with Gasteiger partial charge >= 0.3 is 0 Å². The van der Waals surface area contributed by atoms with E-state index in [0.29, 0.717) is 144 Å². The first-order chi connectivity index (χ1) is 19.4. The lowest BCUT2D eigenvalue weighted by Crippen LogP contribution is -2.29. The van der Waals surface area contributed by atoms with Gasteiger partial charge in [-0.15, -0.1) is 0 Å². The fraction of sp³-hybridized carbons (Fsp3) is 0.778. The monoisotopic (exact) mass is 561 g/mol. The molecular weight excluding hydrogens is 514 g/mol. The van der Waals surface area contributed by atoms with Gasteiger partial charge in [-0.25, -0.2) is 0 Å². The van der Waals surface area contributed by atoms with Crippen LogP contribution < -0.4 is 10.5 Å². The predicted octanol–water partition coefficient (Wildman–Crippen LogP) is 1.20. The number of nitrogen functional groups attached to an aromatic ring is 1. The Morgan fingerprint density at radius 3 is 1.28 bits per heavy atom. The quantitative estimate of drug-likeness (QED) is 0.533. The number of nitrogens with two attached hydrogens (primary N) is 1. The van der Waals surface area contributed by atoms with Crippen molar-refractivity contribution in [3.8, 4) is 5.75 Å². The topological polar surface area (TPSA) is 128 Å². The zero-order valence-electron chi connectivity index (χ0n) is 23.1. The van der Waals surface area contributed by atoms with Crippen molar-refractivity contribution >= 4 is 5.69 Å². The number of benzene rings is 1. The number of hydrogen-bond donors (Lipinski definition) is 1. The van der Waals surface area contributed by atoms with Crippen molar-refractivity contribution in [2.75, 3.05) is 138 Å². The van der Waals surface area contributed by atoms with Crippen molar-refractivity contribution in [2.24, 2.45) is 0 Å². The number of para-hydroxylation sites is 2. The molecule has 1 unspecified atom stereocenters. The van der Waals surface area contributed by atoms with E-state index in [1.807, 2.05) is 18.2 Å². The van der Waals surface area contributed by atoms with Gasteiger partial charge in [0.25, 0.3) is 0 Å². The summed E-state index contributed by atoms with van der Waals surface area (Å²) >= 11 is 0. The molecule has 0 spiro atoms. The van der Waals surface area contributed by atoms with Gasteiger partial charge in [0.1, 0.15) is 18.5 Å². The van der Waals surface area contributed by atoms with Crippen molar-refractivity contribution in [1.82, 2.24) is 0 Å². The highest BCUT2D eigenvalue weighted by Crippen LogP contribution is 2.20. The van der Waals surface area contributed by atoms with Crippen LogP contribution in [0.15, 0.2) is 24.3 Å². The average Bonchev–Trinajstić information content (AvgIpc) is 2.94. The Balaban J connectivity index is 1.65. The minimum atomic E-state index is -0.292. The fourth-order valence-electron chi connectivity index (χ4n) is 3.19. The summed E-state index contributed by atoms with van der Waals surface area (Å²) in [7, 11) is 0. The maximum Gasteiger partial charge on any atom is 0.142 e. The zero-order chi connectivity index (χ0) is 27.5. The lowest BCUT2D eigenvalue weighted by molar-refractivity contribution is -0.0684. The molecule has 0 aromatic heterocycles. The van der Waals surface area contributed by atoms with Crippen LogP contribution in [0.1, 0.15) is 0 Å². The van der Waals surface area contributed by atoms with Gasteiger partial charge in [0, 0.05) is 0 Å². The molecule has 12 heteroatoms. The first-order valence-electron chi connectivity index (χ1n) is 13.6. The average molecular weight is 562 g/mol. The number of hydrogen-bond acceptors (Lipinski definition) is 12. The number of rotatable bonds is 3. The van der Waals surface area contributed by atoms with E-state index < -0.39 is 0 Å². The van der Waals surface area contributed by atoms with Gasteiger partial charge in [-0.3, -0.25) is 0 Å². The Labute approximate surface area is 232 Å². The Hall–Kier alpha value is -1.58. The Bertz CT molecular complexity index is 640. The summed E-state index contributed by atoms with van der Waals surface area (Å²) in [6.07, 6.45) is -0.292. The number of anilines is 1. The third-order valence-corrected chi connectivity index (χ3v) is 5.20. The molecule has 1 fully saturated rings. The molecule has 12 nitrogen and oxygen atoms in total. The first kappa shape index (κ1) is 33.6. The second-order valence-electron chi connectivity index (χ2n) is 8.32. The van der Waals surface area contributed by atoms with Crippen LogP contribution in [0.4, 0.5) is 5.69 Å². The molecule has 1 atom stereocenters. The van der Waals surface area contributed by atoms with Gasteiger partial charge in [0.15, 0.2) is 0 Å². The van der Waals surface area contributed by atoms with Crippen LogP contribution >= 0.6 is 0 Å². The van der Waals surface area contributed by atoms with Gasteiger partial charge in [-0.1, -0.05) is 12.1 Å². The molecule has 226 valence electrons. The molecule has 2 N–H and O–H groups in total. The summed E-state index contributed by atoms with van der Waals surface area (Å²) in [5, 5.41) is 0. The van der Waals surface area contributed by atoms with Gasteiger partial charge in [0.2, 0.25) is 0 Å². The highest BCUT2D eigenvalue weighted by molar-refractivity contribution is 5.51. The molecular formula is C27H47NO11. The largest absolute Gasteiger partial charge is 0.489 e. The normalized spacial score (nSPS) is 22.9. The summed E-state index contributed by atoms with van der Waals surface area (Å²) in [5.74, 6) is 0.612. The van der Waals surface area contributed by atoms with Crippen LogP contribution in [0.3, 0.4) is 0 Å². The van der Waals surface area contributed by atoms with Crippen molar-refractivity contribution in [2.45, 2.75) is 6.10 Å². The highest BCUT2D eigenvalue weighted by atomic mass is 16.6. The first-order valence-corrected chi connectivity index (χ1v) is 13.6. The third-order valence-electron chi connectivity index (χ3n) is 5.20. The molecule has 0 radical (unpaired) electrons. The third kappa shape index (κ3) is 20.0. The molecule has 0 bridgehead atoms. The van der Waals surface area contributed by atoms with Crippen molar-refractivity contribution in [3.63, 3.8) is 0 Å². The highest BCUT2D eigenvalue weighted by Gasteiger charge is 2.12. The lowest BCUT2D eigenvalue weighted by Gasteiger charge is -2.19. The minimum absolute atomic E-state index is 0.292. The van der Waals surface area contributed by atoms with Crippen LogP contribution in [0.25, 0.3) is 0 Å². The Morgan fingerprint density at radius 2 is 0.872 bits per heavy atom. The van der Waals surface area contributed by atoms with Gasteiger partial charge < -0.3 is 57.8 Å². The van der Waals surface area contributed by atoms with Crippen LogP contribution in [-0.2, 0) is 47.4 Å². The Kier molecular flexibility index (Phi) is 21.9. The SMILES string of the molecule is Nc1ccccc1OCC1COCCOCCOCCOCCOCCOCCOCCOCCOCCO1. The van der Waals surface area contributed by atoms with Crippen molar-refractivity contribution in [1.29, 1.82) is 0 Å². The van der Waals surface area contributed by atoms with E-state index in [1.54, 1.807) is 6.07 Å². The molecule has 1 aliphatic rings. The van der Waals surface area contributed by atoms with Gasteiger partial charge in [-0.2, -0.15) is 0 Å². The van der Waals surface area contributed by atoms with Gasteiger partial charge in [0.05, 0.1) is 131 Å². The van der Waals surface area contributed by atoms with E-state index in [1.165, 1.54) is 0 Å². The standard InChI is InChI=1S/C27H47NO11/c28-26-3-1-2-4-27(26)39-24-25-23-37-20-19-35-16-15-33-12-11-31-8-7-29-5-6-30-9-10-32-13-14-34-17-18-36-21-22-38-25/h1-4,25H,5-24,28H2. The summed E-state index contributed by atoms with van der Waals surface area (Å²) in [6.45, 7) is 9.38. The molecule has 1 aromatic carbocycles. The lowest BCUT2D eigenvalue weighted by atomic mass is 10.3. The van der Waals surface area contributed by atoms with Crippen molar-refractivity contribution < 1.29 is 52.1 Å². The molecule has 1 saturated heterocycles. The summed E-state index contributed by atoms with van der Waals surface area (Å²) in [6, 6.07) is 7.35. The second kappa shape index (κ2) is 25.4. The van der Waals surface area contributed by atoms with Gasteiger partial charge in [-0.05, 0) is 12.1 Å². The van der Waals surface area contributed by atoms with Crippen LogP contribution in [0.5, 0.6) is 5.75 Å². The van der Waals surface area contributed by atoms with E-state index in [9.17, 15) is 0 Å². The van der Waals surface area contributed by atoms with Crippen LogP contribution in [0, 0.1) is 0 Å². The van der Waals surface area contributed by atoms with Crippen molar-refractivity contribution in [3.05, 3.63) is 24.3 Å². The summed E-state index contributed by atoms with van der Waals surface area (Å²) < 4.78 is 61.6. The molecule has 2 rings (SSSR count). The second-order valence-corrected chi connectivity index (χ2v) is 8.32. The molecule has 1 aromatic rings. The molecule has 39 heavy (non-hydrogen) atoms. The summed E-state index contributed by atoms with van der Waals surface area (Å²) in [4.78, 5) is 0. The van der Waals surface area contributed by atoms with E-state index >= 15 is 0 Å². The Morgan fingerprint density at radius 1 is 0.513 bits per heavy atom. The molecule has 1 aliphatic heterocycles. The van der Waals surface area contributed by atoms with E-state index in [-0.39, 0.29) is 6.10 Å². The van der Waals surface area contributed by atoms with E-state index in [4.69, 9.17) is 57.8 Å². The minimum Gasteiger partial charge on any atom is -0.489 e.